The molecule has 1 aromatic heterocycles. The van der Waals surface area contributed by atoms with Gasteiger partial charge in [-0.1, -0.05) is 0 Å². The van der Waals surface area contributed by atoms with Crippen molar-refractivity contribution < 1.29 is 14.7 Å². The molecule has 112 valence electrons. The first-order valence-electron chi connectivity index (χ1n) is 6.10. The molecule has 0 aliphatic carbocycles. The second-order valence-electron chi connectivity index (χ2n) is 4.58. The standard InChI is InChI=1S/C12H20N4O3S/c1-8(7-20-4)16(3)12(19)14-10(11(17)18)9-5-13-15(2)6-9/h5-6,8,10H,7H2,1-4H3,(H,14,19)(H,17,18). The van der Waals surface area contributed by atoms with E-state index in [0.717, 1.165) is 5.75 Å². The molecular formula is C12H20N4O3S. The highest BCUT2D eigenvalue weighted by molar-refractivity contribution is 7.98. The van der Waals surface area contributed by atoms with E-state index in [1.165, 1.54) is 15.8 Å². The lowest BCUT2D eigenvalue weighted by Gasteiger charge is -2.26. The summed E-state index contributed by atoms with van der Waals surface area (Å²) >= 11 is 1.63. The van der Waals surface area contributed by atoms with E-state index in [1.54, 1.807) is 32.1 Å². The van der Waals surface area contributed by atoms with E-state index in [0.29, 0.717) is 5.56 Å². The number of nitrogens with one attached hydrogen (secondary N) is 1. The summed E-state index contributed by atoms with van der Waals surface area (Å²) in [6.07, 6.45) is 4.96. The maximum Gasteiger partial charge on any atom is 0.331 e. The summed E-state index contributed by atoms with van der Waals surface area (Å²) in [6.45, 7) is 1.91. The third kappa shape index (κ3) is 4.16. The van der Waals surface area contributed by atoms with Crippen LogP contribution in [0.2, 0.25) is 0 Å². The molecule has 8 heteroatoms. The van der Waals surface area contributed by atoms with Gasteiger partial charge in [0.2, 0.25) is 0 Å². The van der Waals surface area contributed by atoms with E-state index in [9.17, 15) is 14.7 Å². The Morgan fingerprint density at radius 2 is 2.25 bits per heavy atom. The number of aryl methyl sites for hydroxylation is 1. The summed E-state index contributed by atoms with van der Waals surface area (Å²) in [6, 6.07) is -1.49. The van der Waals surface area contributed by atoms with Gasteiger partial charge in [-0.25, -0.2) is 9.59 Å². The van der Waals surface area contributed by atoms with Crippen molar-refractivity contribution in [3.8, 4) is 0 Å². The summed E-state index contributed by atoms with van der Waals surface area (Å²) in [7, 11) is 3.34. The molecule has 0 spiro atoms. The van der Waals surface area contributed by atoms with Crippen LogP contribution in [-0.4, -0.2) is 56.9 Å². The summed E-state index contributed by atoms with van der Waals surface area (Å²) < 4.78 is 1.50. The molecule has 1 rings (SSSR count). The Labute approximate surface area is 122 Å². The van der Waals surface area contributed by atoms with Crippen molar-refractivity contribution in [1.82, 2.24) is 20.0 Å². The summed E-state index contributed by atoms with van der Waals surface area (Å²) in [4.78, 5) is 24.9. The average molecular weight is 300 g/mol. The number of amides is 2. The molecular weight excluding hydrogens is 280 g/mol. The number of hydrogen-bond acceptors (Lipinski definition) is 4. The van der Waals surface area contributed by atoms with Crippen molar-refractivity contribution in [3.05, 3.63) is 18.0 Å². The van der Waals surface area contributed by atoms with Crippen molar-refractivity contribution in [2.45, 2.75) is 19.0 Å². The smallest absolute Gasteiger partial charge is 0.331 e. The number of carboxylic acid groups (broad SMARTS) is 1. The van der Waals surface area contributed by atoms with Crippen LogP contribution in [0.1, 0.15) is 18.5 Å². The fourth-order valence-electron chi connectivity index (χ4n) is 1.66. The summed E-state index contributed by atoms with van der Waals surface area (Å²) in [5, 5.41) is 15.7. The number of hydrogen-bond donors (Lipinski definition) is 2. The van der Waals surface area contributed by atoms with Crippen LogP contribution in [0.5, 0.6) is 0 Å². The highest BCUT2D eigenvalue weighted by Gasteiger charge is 2.26. The second-order valence-corrected chi connectivity index (χ2v) is 5.49. The average Bonchev–Trinajstić information content (AvgIpc) is 2.80. The van der Waals surface area contributed by atoms with E-state index < -0.39 is 18.0 Å². The molecule has 0 aliphatic heterocycles. The van der Waals surface area contributed by atoms with Crippen molar-refractivity contribution >= 4 is 23.8 Å². The largest absolute Gasteiger partial charge is 0.479 e. The first kappa shape index (κ1) is 16.4. The van der Waals surface area contributed by atoms with Gasteiger partial charge in [0.15, 0.2) is 6.04 Å². The fourth-order valence-corrected chi connectivity index (χ4v) is 2.36. The van der Waals surface area contributed by atoms with Crippen LogP contribution in [0.25, 0.3) is 0 Å². The Morgan fingerprint density at radius 3 is 2.70 bits per heavy atom. The minimum absolute atomic E-state index is 0.0216. The lowest BCUT2D eigenvalue weighted by atomic mass is 10.1. The van der Waals surface area contributed by atoms with Gasteiger partial charge in [0.1, 0.15) is 0 Å². The number of carbonyl (C=O) groups excluding carboxylic acids is 1. The minimum Gasteiger partial charge on any atom is -0.479 e. The number of carboxylic acids is 1. The van der Waals surface area contributed by atoms with Gasteiger partial charge < -0.3 is 15.3 Å². The maximum absolute atomic E-state index is 12.1. The van der Waals surface area contributed by atoms with Crippen molar-refractivity contribution in [3.63, 3.8) is 0 Å². The maximum atomic E-state index is 12.1. The van der Waals surface area contributed by atoms with Crippen LogP contribution in [0.15, 0.2) is 12.4 Å². The van der Waals surface area contributed by atoms with E-state index >= 15 is 0 Å². The van der Waals surface area contributed by atoms with Gasteiger partial charge in [0.05, 0.1) is 6.20 Å². The monoisotopic (exact) mass is 300 g/mol. The van der Waals surface area contributed by atoms with Crippen LogP contribution in [0, 0.1) is 0 Å². The van der Waals surface area contributed by atoms with Gasteiger partial charge in [0, 0.05) is 37.7 Å². The van der Waals surface area contributed by atoms with E-state index in [4.69, 9.17) is 0 Å². The van der Waals surface area contributed by atoms with Crippen molar-refractivity contribution in [2.75, 3.05) is 19.1 Å². The first-order chi connectivity index (χ1) is 9.36. The normalized spacial score (nSPS) is 13.6. The number of thioether (sulfide) groups is 1. The fraction of sp³-hybridized carbons (Fsp3) is 0.583. The Bertz CT molecular complexity index is 477. The summed E-state index contributed by atoms with van der Waals surface area (Å²) in [5.74, 6) is -0.327. The third-order valence-electron chi connectivity index (χ3n) is 2.96. The number of nitrogens with zero attached hydrogens (tertiary/aromatic N) is 3. The van der Waals surface area contributed by atoms with Gasteiger partial charge in [-0.15, -0.1) is 0 Å². The molecule has 20 heavy (non-hydrogen) atoms. The molecule has 0 fully saturated rings. The van der Waals surface area contributed by atoms with Crippen LogP contribution in [0.3, 0.4) is 0 Å². The van der Waals surface area contributed by atoms with Crippen LogP contribution >= 0.6 is 11.8 Å². The highest BCUT2D eigenvalue weighted by Crippen LogP contribution is 2.13. The van der Waals surface area contributed by atoms with Crippen molar-refractivity contribution in [1.29, 1.82) is 0 Å². The third-order valence-corrected chi connectivity index (χ3v) is 3.78. The SMILES string of the molecule is CSCC(C)N(C)C(=O)NC(C(=O)O)c1cnn(C)c1. The number of urea groups is 1. The lowest BCUT2D eigenvalue weighted by Crippen LogP contribution is -2.46. The predicted octanol–water partition coefficient (Wildman–Crippen LogP) is 0.939. The molecule has 0 bridgehead atoms. The molecule has 7 nitrogen and oxygen atoms in total. The molecule has 1 heterocycles. The van der Waals surface area contributed by atoms with Crippen molar-refractivity contribution in [2.24, 2.45) is 7.05 Å². The van der Waals surface area contributed by atoms with Crippen LogP contribution in [0.4, 0.5) is 4.79 Å². The predicted molar refractivity (Wildman–Crippen MR) is 77.7 cm³/mol. The van der Waals surface area contributed by atoms with E-state index in [-0.39, 0.29) is 6.04 Å². The molecule has 2 N–H and O–H groups in total. The van der Waals surface area contributed by atoms with Gasteiger partial charge in [-0.3, -0.25) is 4.68 Å². The molecule has 2 amide bonds. The van der Waals surface area contributed by atoms with Crippen LogP contribution < -0.4 is 5.32 Å². The minimum atomic E-state index is -1.11. The lowest BCUT2D eigenvalue weighted by molar-refractivity contribution is -0.139. The molecule has 0 radical (unpaired) electrons. The van der Waals surface area contributed by atoms with Gasteiger partial charge in [0.25, 0.3) is 0 Å². The highest BCUT2D eigenvalue weighted by atomic mass is 32.2. The molecule has 0 saturated heterocycles. The number of carbonyl (C=O) groups is 2. The first-order valence-corrected chi connectivity index (χ1v) is 7.49. The zero-order valence-corrected chi connectivity index (χ0v) is 12.8. The number of rotatable bonds is 6. The number of aliphatic carboxylic acids is 1. The Kier molecular flexibility index (Phi) is 5.87. The Balaban J connectivity index is 2.76. The zero-order valence-electron chi connectivity index (χ0n) is 12.0. The molecule has 0 aliphatic rings. The van der Waals surface area contributed by atoms with E-state index in [1.807, 2.05) is 13.2 Å². The Hall–Kier alpha value is -1.70. The molecule has 0 saturated carbocycles. The number of aromatic nitrogens is 2. The molecule has 2 unspecified atom stereocenters. The van der Waals surface area contributed by atoms with Crippen LogP contribution in [-0.2, 0) is 11.8 Å². The zero-order chi connectivity index (χ0) is 15.3. The topological polar surface area (TPSA) is 87.5 Å². The van der Waals surface area contributed by atoms with Gasteiger partial charge in [-0.05, 0) is 13.2 Å². The molecule has 0 aromatic carbocycles. The molecule has 2 atom stereocenters. The van der Waals surface area contributed by atoms with Gasteiger partial charge >= 0.3 is 12.0 Å². The second kappa shape index (κ2) is 7.18. The van der Waals surface area contributed by atoms with Gasteiger partial charge in [-0.2, -0.15) is 16.9 Å². The van der Waals surface area contributed by atoms with E-state index in [2.05, 4.69) is 10.4 Å². The summed E-state index contributed by atoms with van der Waals surface area (Å²) in [5.41, 5.74) is 0.444. The Morgan fingerprint density at radius 1 is 1.60 bits per heavy atom. The quantitative estimate of drug-likeness (QED) is 0.816. The molecule has 1 aromatic rings.